The third kappa shape index (κ3) is 6.37. The van der Waals surface area contributed by atoms with Crippen molar-refractivity contribution in [2.24, 2.45) is 23.7 Å². The molecule has 0 aliphatic heterocycles. The van der Waals surface area contributed by atoms with Gasteiger partial charge in [-0.25, -0.2) is 24.0 Å². The summed E-state index contributed by atoms with van der Waals surface area (Å²) < 4.78 is 38.8. The normalized spacial score (nSPS) is 24.7. The molecule has 4 aliphatic rings. The summed E-state index contributed by atoms with van der Waals surface area (Å²) in [5.74, 6) is -10.9. The molecule has 252 valence electrons. The smallest absolute Gasteiger partial charge is 0.339 e. The molecule has 46 heavy (non-hydrogen) atoms. The minimum absolute atomic E-state index is 0.0174. The largest absolute Gasteiger partial charge is 0.466 e. The fourth-order valence-corrected chi connectivity index (χ4v) is 6.47. The molecule has 5 atom stereocenters. The van der Waals surface area contributed by atoms with Crippen molar-refractivity contribution in [1.29, 1.82) is 0 Å². The molecule has 0 radical (unpaired) electrons. The maximum absolute atomic E-state index is 14.1. The summed E-state index contributed by atoms with van der Waals surface area (Å²) in [6.45, 7) is 10.3. The van der Waals surface area contributed by atoms with Crippen LogP contribution in [0.25, 0.3) is 0 Å². The van der Waals surface area contributed by atoms with Crippen LogP contribution in [0.1, 0.15) is 48.5 Å². The summed E-state index contributed by atoms with van der Waals surface area (Å²) in [6, 6.07) is 0. The maximum Gasteiger partial charge on any atom is 0.339 e. The lowest BCUT2D eigenvalue weighted by atomic mass is 9.56. The monoisotopic (exact) mass is 646 g/mol. The van der Waals surface area contributed by atoms with E-state index in [0.717, 1.165) is 0 Å². The van der Waals surface area contributed by atoms with E-state index in [0.29, 0.717) is 0 Å². The minimum atomic E-state index is -1.99. The molecular weight excluding hydrogens is 604 g/mol. The van der Waals surface area contributed by atoms with Gasteiger partial charge in [-0.1, -0.05) is 18.2 Å². The molecule has 0 unspecified atom stereocenters. The highest BCUT2D eigenvalue weighted by Crippen LogP contribution is 2.59. The summed E-state index contributed by atoms with van der Waals surface area (Å²) in [7, 11) is 0. The molecule has 0 aromatic carbocycles. The first-order valence-corrected chi connectivity index (χ1v) is 15.6. The van der Waals surface area contributed by atoms with Gasteiger partial charge in [-0.2, -0.15) is 0 Å². The number of ether oxygens (including phenoxy) is 7. The third-order valence-corrected chi connectivity index (χ3v) is 7.80. The number of hydrogen-bond acceptors (Lipinski definition) is 13. The Hall–Kier alpha value is -4.26. The highest BCUT2D eigenvalue weighted by Gasteiger charge is 2.66. The Morgan fingerprint density at radius 2 is 1.09 bits per heavy atom. The van der Waals surface area contributed by atoms with Gasteiger partial charge in [0.1, 0.15) is 5.60 Å². The second kappa shape index (κ2) is 15.8. The van der Waals surface area contributed by atoms with Gasteiger partial charge in [0.25, 0.3) is 0 Å². The highest BCUT2D eigenvalue weighted by molar-refractivity contribution is 6.18. The van der Waals surface area contributed by atoms with E-state index in [-0.39, 0.29) is 57.4 Å². The topological polar surface area (TPSA) is 167 Å². The zero-order valence-corrected chi connectivity index (χ0v) is 27.3. The van der Waals surface area contributed by atoms with Crippen LogP contribution in [-0.4, -0.2) is 87.7 Å². The summed E-state index contributed by atoms with van der Waals surface area (Å²) in [6.07, 6.45) is 4.65. The molecule has 0 saturated heterocycles. The molecular formula is C33H42O13. The van der Waals surface area contributed by atoms with E-state index in [4.69, 9.17) is 33.2 Å². The summed E-state index contributed by atoms with van der Waals surface area (Å²) in [5, 5.41) is 0. The van der Waals surface area contributed by atoms with E-state index < -0.39 is 81.8 Å². The van der Waals surface area contributed by atoms with Crippen LogP contribution in [0.4, 0.5) is 0 Å². The first-order chi connectivity index (χ1) is 22.0. The van der Waals surface area contributed by atoms with Crippen molar-refractivity contribution in [2.45, 2.75) is 54.1 Å². The van der Waals surface area contributed by atoms with E-state index in [1.165, 1.54) is 19.9 Å². The number of carbonyl (C=O) groups is 6. The average molecular weight is 647 g/mol. The van der Waals surface area contributed by atoms with Gasteiger partial charge in [-0.15, -0.1) is 0 Å². The van der Waals surface area contributed by atoms with Gasteiger partial charge >= 0.3 is 35.8 Å². The fourth-order valence-electron chi connectivity index (χ4n) is 6.47. The molecule has 13 nitrogen and oxygen atoms in total. The molecule has 0 amide bonds. The molecule has 0 fully saturated rings. The predicted octanol–water partition coefficient (Wildman–Crippen LogP) is 2.72. The molecule has 0 saturated carbocycles. The van der Waals surface area contributed by atoms with Gasteiger partial charge in [0.15, 0.2) is 0 Å². The Morgan fingerprint density at radius 3 is 1.63 bits per heavy atom. The van der Waals surface area contributed by atoms with E-state index in [1.54, 1.807) is 46.8 Å². The Labute approximate surface area is 267 Å². The van der Waals surface area contributed by atoms with Crippen LogP contribution in [0, 0.1) is 23.7 Å². The summed E-state index contributed by atoms with van der Waals surface area (Å²) in [5.41, 5.74) is -4.05. The van der Waals surface area contributed by atoms with Gasteiger partial charge < -0.3 is 33.2 Å². The van der Waals surface area contributed by atoms with Gasteiger partial charge in [0.2, 0.25) is 0 Å². The van der Waals surface area contributed by atoms with Crippen molar-refractivity contribution in [2.75, 3.05) is 46.2 Å². The summed E-state index contributed by atoms with van der Waals surface area (Å²) >= 11 is 0. The van der Waals surface area contributed by atoms with Crippen LogP contribution in [0.5, 0.6) is 0 Å². The van der Waals surface area contributed by atoms with Crippen molar-refractivity contribution in [1.82, 2.24) is 0 Å². The molecule has 0 spiro atoms. The van der Waals surface area contributed by atoms with Gasteiger partial charge in [0, 0.05) is 29.9 Å². The van der Waals surface area contributed by atoms with Crippen LogP contribution < -0.4 is 0 Å². The highest BCUT2D eigenvalue weighted by atomic mass is 16.6. The summed E-state index contributed by atoms with van der Waals surface area (Å²) in [4.78, 5) is 83.1. The van der Waals surface area contributed by atoms with Crippen molar-refractivity contribution in [3.8, 4) is 0 Å². The Kier molecular flexibility index (Phi) is 12.5. The van der Waals surface area contributed by atoms with Crippen molar-refractivity contribution >= 4 is 35.8 Å². The van der Waals surface area contributed by atoms with Crippen LogP contribution >= 0.6 is 0 Å². The van der Waals surface area contributed by atoms with Crippen LogP contribution in [0.2, 0.25) is 0 Å². The standard InChI is InChI=1S/C33H42O13/c1-8-40-27(34)20-17-18-15-16-19(21(20)28(35)41-9-2)25-23(30(37)43-11-4)22(29(36)42-10-3)24(31(38)44-12-5)26(32(39)45-13-6)33(18,25)46-14-7/h15-19,21,25H,8-14H2,1-7H3/t18-,19+,21+,25+,33+/m1/s1. The van der Waals surface area contributed by atoms with E-state index in [1.807, 2.05) is 0 Å². The third-order valence-electron chi connectivity index (χ3n) is 7.80. The number of rotatable bonds is 14. The second-order valence-electron chi connectivity index (χ2n) is 10.2. The number of fused-ring (bicyclic) bond motifs is 1. The van der Waals surface area contributed by atoms with Gasteiger partial charge in [0.05, 0.1) is 67.9 Å². The zero-order chi connectivity index (χ0) is 34.2. The molecule has 0 N–H and O–H groups in total. The van der Waals surface area contributed by atoms with E-state index in [9.17, 15) is 28.8 Å². The first kappa shape index (κ1) is 36.2. The lowest BCUT2D eigenvalue weighted by Crippen LogP contribution is -2.59. The Bertz CT molecular complexity index is 1370. The van der Waals surface area contributed by atoms with Crippen molar-refractivity contribution in [3.05, 3.63) is 46.1 Å². The van der Waals surface area contributed by atoms with Gasteiger partial charge in [-0.05, 0) is 48.5 Å². The lowest BCUT2D eigenvalue weighted by Gasteiger charge is -2.52. The number of esters is 6. The SMILES string of the molecule is CCOC(=O)C1=C[C@H]2C=C[C@@H]([C@@H]1C(=O)OCC)[C@H]1C(C(=O)OCC)=C(C(=O)OCC)C(C(=O)OCC)=C(C(=O)OCC)[C@]21OCC. The molecule has 0 aromatic heterocycles. The molecule has 4 aliphatic carbocycles. The quantitative estimate of drug-likeness (QED) is 0.154. The second-order valence-corrected chi connectivity index (χ2v) is 10.2. The van der Waals surface area contributed by atoms with E-state index in [2.05, 4.69) is 0 Å². The lowest BCUT2D eigenvalue weighted by molar-refractivity contribution is -0.158. The molecule has 2 bridgehead atoms. The van der Waals surface area contributed by atoms with E-state index >= 15 is 0 Å². The maximum atomic E-state index is 14.1. The van der Waals surface area contributed by atoms with Crippen LogP contribution in [0.15, 0.2) is 46.1 Å². The minimum Gasteiger partial charge on any atom is -0.466 e. The van der Waals surface area contributed by atoms with Crippen molar-refractivity contribution in [3.63, 3.8) is 0 Å². The Morgan fingerprint density at radius 1 is 0.587 bits per heavy atom. The van der Waals surface area contributed by atoms with Crippen LogP contribution in [-0.2, 0) is 61.9 Å². The number of allylic oxidation sites excluding steroid dienone is 1. The molecule has 13 heteroatoms. The molecule has 4 rings (SSSR count). The molecule has 0 aromatic rings. The number of carbonyl (C=O) groups excluding carboxylic acids is 6. The average Bonchev–Trinajstić information content (AvgIpc) is 3.27. The van der Waals surface area contributed by atoms with Crippen molar-refractivity contribution < 1.29 is 61.9 Å². The first-order valence-electron chi connectivity index (χ1n) is 15.6. The Balaban J connectivity index is 2.68. The number of hydrogen-bond donors (Lipinski definition) is 0. The van der Waals surface area contributed by atoms with Crippen LogP contribution in [0.3, 0.4) is 0 Å². The molecule has 0 heterocycles. The van der Waals surface area contributed by atoms with Gasteiger partial charge in [-0.3, -0.25) is 4.79 Å². The fraction of sp³-hybridized carbons (Fsp3) is 0.576. The predicted molar refractivity (Wildman–Crippen MR) is 159 cm³/mol. The zero-order valence-electron chi connectivity index (χ0n) is 27.3.